The van der Waals surface area contributed by atoms with E-state index in [9.17, 15) is 13.2 Å². The van der Waals surface area contributed by atoms with E-state index in [1.165, 1.54) is 20.8 Å². The molecule has 0 amide bonds. The van der Waals surface area contributed by atoms with E-state index in [-0.39, 0.29) is 16.7 Å². The zero-order valence-corrected chi connectivity index (χ0v) is 13.1. The van der Waals surface area contributed by atoms with Crippen molar-refractivity contribution in [2.75, 3.05) is 0 Å². The van der Waals surface area contributed by atoms with E-state index in [1.54, 1.807) is 0 Å². The van der Waals surface area contributed by atoms with Gasteiger partial charge in [0.1, 0.15) is 5.82 Å². The Kier molecular flexibility index (Phi) is 15.4. The van der Waals surface area contributed by atoms with E-state index < -0.39 is 17.5 Å². The first kappa shape index (κ1) is 22.2. The van der Waals surface area contributed by atoms with Gasteiger partial charge in [-0.15, -0.1) is 0 Å². The van der Waals surface area contributed by atoms with E-state index in [2.05, 4.69) is 0 Å². The maximum atomic E-state index is 13.0. The predicted octanol–water partition coefficient (Wildman–Crippen LogP) is 6.11. The van der Waals surface area contributed by atoms with Gasteiger partial charge in [-0.05, 0) is 31.9 Å². The van der Waals surface area contributed by atoms with Crippen LogP contribution in [0.5, 0.6) is 0 Å². The van der Waals surface area contributed by atoms with Crippen LogP contribution in [-0.4, -0.2) is 0 Å². The van der Waals surface area contributed by atoms with Crippen LogP contribution in [-0.2, 0) is 0 Å². The highest BCUT2D eigenvalue weighted by Crippen LogP contribution is 2.22. The monoisotopic (exact) mass is 264 g/mol. The highest BCUT2D eigenvalue weighted by molar-refractivity contribution is 5.33. The zero-order valence-electron chi connectivity index (χ0n) is 13.1. The van der Waals surface area contributed by atoms with Gasteiger partial charge < -0.3 is 0 Å². The second kappa shape index (κ2) is 12.5. The first-order valence-corrected chi connectivity index (χ1v) is 6.57. The van der Waals surface area contributed by atoms with Gasteiger partial charge in [-0.3, -0.25) is 0 Å². The fourth-order valence-corrected chi connectivity index (χ4v) is 1.04. The van der Waals surface area contributed by atoms with E-state index >= 15 is 0 Å². The second-order valence-corrected chi connectivity index (χ2v) is 2.82. The summed E-state index contributed by atoms with van der Waals surface area (Å²) in [4.78, 5) is 0. The molecule has 1 aromatic rings. The third kappa shape index (κ3) is 5.56. The lowest BCUT2D eigenvalue weighted by Crippen LogP contribution is -2.01. The molecule has 0 aromatic heterocycles. The molecule has 0 fully saturated rings. The van der Waals surface area contributed by atoms with Gasteiger partial charge in [0, 0.05) is 5.56 Å². The van der Waals surface area contributed by atoms with Crippen molar-refractivity contribution in [1.82, 2.24) is 0 Å². The molecule has 1 aromatic carbocycles. The van der Waals surface area contributed by atoms with Crippen LogP contribution in [0.4, 0.5) is 13.2 Å². The first-order chi connectivity index (χ1) is 8.46. The third-order valence-electron chi connectivity index (χ3n) is 2.07. The van der Waals surface area contributed by atoms with Crippen molar-refractivity contribution in [2.45, 2.75) is 62.3 Å². The molecule has 0 aliphatic carbocycles. The van der Waals surface area contributed by atoms with Crippen molar-refractivity contribution in [3.05, 3.63) is 34.1 Å². The van der Waals surface area contributed by atoms with Crippen molar-refractivity contribution in [1.29, 1.82) is 0 Å². The van der Waals surface area contributed by atoms with Crippen LogP contribution >= 0.6 is 0 Å². The van der Waals surface area contributed by atoms with Crippen LogP contribution in [0.2, 0.25) is 0 Å². The predicted molar refractivity (Wildman–Crippen MR) is 74.6 cm³/mol. The SMILES string of the molecule is CC.CC.CC.Cc1c(C)c(F)c(F)c(C)c1F. The van der Waals surface area contributed by atoms with Gasteiger partial charge in [-0.1, -0.05) is 41.5 Å². The fourth-order valence-electron chi connectivity index (χ4n) is 1.04. The van der Waals surface area contributed by atoms with Gasteiger partial charge in [0.15, 0.2) is 11.6 Å². The maximum absolute atomic E-state index is 13.0. The molecule has 0 unspecified atom stereocenters. The Morgan fingerprint density at radius 3 is 1.00 bits per heavy atom. The lowest BCUT2D eigenvalue weighted by Gasteiger charge is -2.07. The Morgan fingerprint density at radius 2 is 0.667 bits per heavy atom. The molecule has 1 rings (SSSR count). The average molecular weight is 264 g/mol. The molecule has 0 aliphatic heterocycles. The smallest absolute Gasteiger partial charge is 0.164 e. The molecule has 0 nitrogen and oxygen atoms in total. The summed E-state index contributed by atoms with van der Waals surface area (Å²) in [6, 6.07) is 0. The van der Waals surface area contributed by atoms with E-state index in [0.717, 1.165) is 0 Å². The summed E-state index contributed by atoms with van der Waals surface area (Å²) in [6.45, 7) is 16.0. The minimum absolute atomic E-state index is 0.0376. The Balaban J connectivity index is -0.000000328. The molecular formula is C15H27F3. The third-order valence-corrected chi connectivity index (χ3v) is 2.07. The Bertz CT molecular complexity index is 226. The summed E-state index contributed by atoms with van der Waals surface area (Å²) in [5.74, 6) is -2.70. The molecule has 18 heavy (non-hydrogen) atoms. The van der Waals surface area contributed by atoms with Gasteiger partial charge in [-0.2, -0.15) is 0 Å². The van der Waals surface area contributed by atoms with Crippen LogP contribution in [0.3, 0.4) is 0 Å². The number of hydrogen-bond acceptors (Lipinski definition) is 0. The quantitative estimate of drug-likeness (QED) is 0.496. The molecular weight excluding hydrogens is 237 g/mol. The van der Waals surface area contributed by atoms with Crippen LogP contribution in [0.15, 0.2) is 0 Å². The van der Waals surface area contributed by atoms with Crippen LogP contribution in [0, 0.1) is 38.2 Å². The topological polar surface area (TPSA) is 0 Å². The van der Waals surface area contributed by atoms with Crippen LogP contribution in [0.1, 0.15) is 58.2 Å². The number of hydrogen-bond donors (Lipinski definition) is 0. The minimum atomic E-state index is -1.09. The summed E-state index contributed by atoms with van der Waals surface area (Å²) < 4.78 is 38.7. The highest BCUT2D eigenvalue weighted by atomic mass is 19.2. The first-order valence-electron chi connectivity index (χ1n) is 6.57. The molecule has 108 valence electrons. The molecule has 0 saturated carbocycles. The van der Waals surface area contributed by atoms with Crippen molar-refractivity contribution < 1.29 is 13.2 Å². The molecule has 3 heteroatoms. The number of rotatable bonds is 0. The Morgan fingerprint density at radius 1 is 0.444 bits per heavy atom. The summed E-state index contributed by atoms with van der Waals surface area (Å²) in [7, 11) is 0. The number of benzene rings is 1. The van der Waals surface area contributed by atoms with Gasteiger partial charge in [-0.25, -0.2) is 13.2 Å². The van der Waals surface area contributed by atoms with E-state index in [0.29, 0.717) is 0 Å². The van der Waals surface area contributed by atoms with Crippen molar-refractivity contribution in [2.24, 2.45) is 0 Å². The van der Waals surface area contributed by atoms with Gasteiger partial charge in [0.2, 0.25) is 0 Å². The molecule has 0 heterocycles. The largest absolute Gasteiger partial charge is 0.206 e. The zero-order chi connectivity index (χ0) is 15.5. The number of halogens is 3. The second-order valence-electron chi connectivity index (χ2n) is 2.82. The molecule has 0 N–H and O–H groups in total. The Hall–Kier alpha value is -0.990. The highest BCUT2D eigenvalue weighted by Gasteiger charge is 2.16. The van der Waals surface area contributed by atoms with Crippen molar-refractivity contribution in [3.63, 3.8) is 0 Å². The summed E-state index contributed by atoms with van der Waals surface area (Å²) in [5, 5.41) is 0. The summed E-state index contributed by atoms with van der Waals surface area (Å²) in [5.41, 5.74) is -0.0439. The lowest BCUT2D eigenvalue weighted by atomic mass is 10.0. The van der Waals surface area contributed by atoms with Crippen LogP contribution < -0.4 is 0 Å². The van der Waals surface area contributed by atoms with Crippen molar-refractivity contribution in [3.8, 4) is 0 Å². The van der Waals surface area contributed by atoms with Crippen LogP contribution in [0.25, 0.3) is 0 Å². The van der Waals surface area contributed by atoms with Gasteiger partial charge in [0.25, 0.3) is 0 Å². The molecule has 0 saturated heterocycles. The van der Waals surface area contributed by atoms with Gasteiger partial charge >= 0.3 is 0 Å². The standard InChI is InChI=1S/C9H9F3.3C2H6/c1-4-5(2)8(11)9(12)6(3)7(4)10;3*1-2/h1-3H3;3*1-2H3. The molecule has 0 spiro atoms. The molecule has 0 aliphatic rings. The van der Waals surface area contributed by atoms with E-state index in [1.807, 2.05) is 41.5 Å². The summed E-state index contributed by atoms with van der Waals surface area (Å²) in [6.07, 6.45) is 0. The maximum Gasteiger partial charge on any atom is 0.164 e. The Labute approximate surface area is 110 Å². The minimum Gasteiger partial charge on any atom is -0.206 e. The molecule has 0 bridgehead atoms. The van der Waals surface area contributed by atoms with Gasteiger partial charge in [0.05, 0.1) is 0 Å². The molecule has 0 atom stereocenters. The summed E-state index contributed by atoms with van der Waals surface area (Å²) >= 11 is 0. The average Bonchev–Trinajstić information content (AvgIpc) is 2.47. The van der Waals surface area contributed by atoms with E-state index in [4.69, 9.17) is 0 Å². The van der Waals surface area contributed by atoms with Crippen molar-refractivity contribution >= 4 is 0 Å². The lowest BCUT2D eigenvalue weighted by molar-refractivity contribution is 0.477. The molecule has 0 radical (unpaired) electrons. The normalized spacial score (nSPS) is 8.00. The fraction of sp³-hybridized carbons (Fsp3) is 0.600.